The van der Waals surface area contributed by atoms with Crippen LogP contribution in [0.25, 0.3) is 0 Å². The minimum atomic E-state index is -0.676. The van der Waals surface area contributed by atoms with Crippen molar-refractivity contribution >= 4 is 29.2 Å². The number of carbonyl (C=O) groups is 2. The highest BCUT2D eigenvalue weighted by Gasteiger charge is 2.18. The van der Waals surface area contributed by atoms with Crippen molar-refractivity contribution in [3.05, 3.63) is 52.5 Å². The van der Waals surface area contributed by atoms with Crippen molar-refractivity contribution in [3.8, 4) is 11.5 Å². The van der Waals surface area contributed by atoms with Crippen LogP contribution < -0.4 is 14.8 Å². The first kappa shape index (κ1) is 21.6. The SMILES string of the molecule is CCCOc1c(Cl)cc(C(=O)OCC(=O)Nc2ccccc2C)cc1OCC. The Bertz CT molecular complexity index is 838. The Morgan fingerprint density at radius 1 is 1.11 bits per heavy atom. The van der Waals surface area contributed by atoms with Crippen molar-refractivity contribution in [2.75, 3.05) is 25.1 Å². The van der Waals surface area contributed by atoms with Gasteiger partial charge in [-0.25, -0.2) is 4.79 Å². The minimum absolute atomic E-state index is 0.181. The number of rotatable bonds is 9. The molecule has 1 amide bonds. The lowest BCUT2D eigenvalue weighted by Gasteiger charge is -2.14. The summed E-state index contributed by atoms with van der Waals surface area (Å²) >= 11 is 6.25. The van der Waals surface area contributed by atoms with E-state index in [4.69, 9.17) is 25.8 Å². The highest BCUT2D eigenvalue weighted by molar-refractivity contribution is 6.32. The molecule has 150 valence electrons. The van der Waals surface area contributed by atoms with Crippen LogP contribution in [0, 0.1) is 6.92 Å². The second-order valence-corrected chi connectivity index (χ2v) is 6.41. The molecule has 2 aromatic rings. The van der Waals surface area contributed by atoms with E-state index in [-0.39, 0.29) is 10.6 Å². The van der Waals surface area contributed by atoms with E-state index in [1.165, 1.54) is 12.1 Å². The molecule has 0 atom stereocenters. The molecule has 0 bridgehead atoms. The normalized spacial score (nSPS) is 10.3. The Labute approximate surface area is 169 Å². The van der Waals surface area contributed by atoms with Gasteiger partial charge in [0.05, 0.1) is 23.8 Å². The predicted molar refractivity (Wildman–Crippen MR) is 108 cm³/mol. The van der Waals surface area contributed by atoms with E-state index in [0.29, 0.717) is 30.4 Å². The summed E-state index contributed by atoms with van der Waals surface area (Å²) in [6, 6.07) is 10.3. The lowest BCUT2D eigenvalue weighted by Crippen LogP contribution is -2.21. The summed E-state index contributed by atoms with van der Waals surface area (Å²) in [5.41, 5.74) is 1.77. The van der Waals surface area contributed by atoms with Crippen LogP contribution in [0.4, 0.5) is 5.69 Å². The van der Waals surface area contributed by atoms with Gasteiger partial charge in [0, 0.05) is 5.69 Å². The molecule has 2 rings (SSSR count). The molecule has 0 aromatic heterocycles. The van der Waals surface area contributed by atoms with Gasteiger partial charge in [-0.3, -0.25) is 4.79 Å². The summed E-state index contributed by atoms with van der Waals surface area (Å²) in [6.45, 7) is 6.11. The zero-order valence-corrected chi connectivity index (χ0v) is 17.0. The fraction of sp³-hybridized carbons (Fsp3) is 0.333. The Morgan fingerprint density at radius 3 is 2.54 bits per heavy atom. The second-order valence-electron chi connectivity index (χ2n) is 6.01. The lowest BCUT2D eigenvalue weighted by atomic mass is 10.2. The van der Waals surface area contributed by atoms with Gasteiger partial charge < -0.3 is 19.5 Å². The number of hydrogen-bond acceptors (Lipinski definition) is 5. The third kappa shape index (κ3) is 5.89. The Kier molecular flexibility index (Phi) is 8.14. The van der Waals surface area contributed by atoms with Crippen LogP contribution in [0.2, 0.25) is 5.02 Å². The summed E-state index contributed by atoms with van der Waals surface area (Å²) in [5, 5.41) is 2.95. The zero-order valence-electron chi connectivity index (χ0n) is 16.2. The summed E-state index contributed by atoms with van der Waals surface area (Å²) in [6.07, 6.45) is 0.807. The van der Waals surface area contributed by atoms with Gasteiger partial charge in [0.25, 0.3) is 5.91 Å². The number of esters is 1. The van der Waals surface area contributed by atoms with Crippen LogP contribution in [-0.4, -0.2) is 31.7 Å². The van der Waals surface area contributed by atoms with E-state index in [2.05, 4.69) is 5.32 Å². The van der Waals surface area contributed by atoms with Gasteiger partial charge in [-0.2, -0.15) is 0 Å². The maximum Gasteiger partial charge on any atom is 0.338 e. The monoisotopic (exact) mass is 405 g/mol. The maximum atomic E-state index is 12.3. The molecule has 0 aliphatic rings. The van der Waals surface area contributed by atoms with Crippen LogP contribution >= 0.6 is 11.6 Å². The number of amides is 1. The average Bonchev–Trinajstić information content (AvgIpc) is 2.67. The third-order valence-electron chi connectivity index (χ3n) is 3.75. The molecule has 6 nitrogen and oxygen atoms in total. The molecule has 0 saturated carbocycles. The molecular formula is C21H24ClNO5. The number of para-hydroxylation sites is 1. The highest BCUT2D eigenvalue weighted by Crippen LogP contribution is 2.37. The van der Waals surface area contributed by atoms with Gasteiger partial charge in [0.1, 0.15) is 0 Å². The average molecular weight is 406 g/mol. The number of anilines is 1. The summed E-state index contributed by atoms with van der Waals surface area (Å²) < 4.78 is 16.2. The van der Waals surface area contributed by atoms with Gasteiger partial charge in [0.2, 0.25) is 0 Å². The van der Waals surface area contributed by atoms with Crippen molar-refractivity contribution < 1.29 is 23.8 Å². The van der Waals surface area contributed by atoms with Crippen LogP contribution in [0.1, 0.15) is 36.2 Å². The summed E-state index contributed by atoms with van der Waals surface area (Å²) in [7, 11) is 0. The van der Waals surface area contributed by atoms with E-state index >= 15 is 0 Å². The molecule has 0 aliphatic heterocycles. The topological polar surface area (TPSA) is 73.9 Å². The fourth-order valence-corrected chi connectivity index (χ4v) is 2.67. The predicted octanol–water partition coefficient (Wildman–Crippen LogP) is 4.63. The van der Waals surface area contributed by atoms with Gasteiger partial charge in [0.15, 0.2) is 18.1 Å². The molecule has 0 unspecified atom stereocenters. The lowest BCUT2D eigenvalue weighted by molar-refractivity contribution is -0.119. The molecule has 1 N–H and O–H groups in total. The number of ether oxygens (including phenoxy) is 3. The molecule has 0 radical (unpaired) electrons. The van der Waals surface area contributed by atoms with Crippen molar-refractivity contribution in [2.24, 2.45) is 0 Å². The molecular weight excluding hydrogens is 382 g/mol. The molecule has 0 spiro atoms. The van der Waals surface area contributed by atoms with Crippen molar-refractivity contribution in [1.29, 1.82) is 0 Å². The molecule has 28 heavy (non-hydrogen) atoms. The van der Waals surface area contributed by atoms with E-state index in [1.807, 2.05) is 39.0 Å². The first-order valence-corrected chi connectivity index (χ1v) is 9.45. The Morgan fingerprint density at radius 2 is 1.86 bits per heavy atom. The molecule has 7 heteroatoms. The van der Waals surface area contributed by atoms with Crippen molar-refractivity contribution in [2.45, 2.75) is 27.2 Å². The summed E-state index contributed by atoms with van der Waals surface area (Å²) in [5.74, 6) is -0.356. The number of aryl methyl sites for hydroxylation is 1. The Balaban J connectivity index is 2.05. The number of nitrogens with one attached hydrogen (secondary N) is 1. The third-order valence-corrected chi connectivity index (χ3v) is 4.03. The van der Waals surface area contributed by atoms with E-state index in [9.17, 15) is 9.59 Å². The van der Waals surface area contributed by atoms with E-state index in [1.54, 1.807) is 6.07 Å². The fourth-order valence-electron chi connectivity index (χ4n) is 2.41. The van der Waals surface area contributed by atoms with Gasteiger partial charge in [-0.05, 0) is 44.0 Å². The van der Waals surface area contributed by atoms with Crippen LogP contribution in [0.15, 0.2) is 36.4 Å². The Hall–Kier alpha value is -2.73. The smallest absolute Gasteiger partial charge is 0.338 e. The second kappa shape index (κ2) is 10.6. The van der Waals surface area contributed by atoms with Crippen LogP contribution in [0.5, 0.6) is 11.5 Å². The molecule has 0 heterocycles. The van der Waals surface area contributed by atoms with E-state index < -0.39 is 18.5 Å². The number of benzene rings is 2. The molecule has 2 aromatic carbocycles. The largest absolute Gasteiger partial charge is 0.490 e. The minimum Gasteiger partial charge on any atom is -0.490 e. The molecule has 0 saturated heterocycles. The van der Waals surface area contributed by atoms with Gasteiger partial charge in [-0.15, -0.1) is 0 Å². The molecule has 0 fully saturated rings. The highest BCUT2D eigenvalue weighted by atomic mass is 35.5. The number of carbonyl (C=O) groups excluding carboxylic acids is 2. The molecule has 0 aliphatic carbocycles. The van der Waals surface area contributed by atoms with Crippen LogP contribution in [-0.2, 0) is 9.53 Å². The first-order valence-electron chi connectivity index (χ1n) is 9.08. The van der Waals surface area contributed by atoms with Gasteiger partial charge in [-0.1, -0.05) is 36.7 Å². The van der Waals surface area contributed by atoms with Crippen molar-refractivity contribution in [1.82, 2.24) is 0 Å². The summed E-state index contributed by atoms with van der Waals surface area (Å²) in [4.78, 5) is 24.4. The first-order chi connectivity index (χ1) is 13.5. The van der Waals surface area contributed by atoms with Crippen LogP contribution in [0.3, 0.4) is 0 Å². The van der Waals surface area contributed by atoms with E-state index in [0.717, 1.165) is 12.0 Å². The zero-order chi connectivity index (χ0) is 20.5. The van der Waals surface area contributed by atoms with Gasteiger partial charge >= 0.3 is 5.97 Å². The standard InChI is InChI=1S/C21H24ClNO5/c1-4-10-27-20-16(22)11-15(12-18(20)26-5-2)21(25)28-13-19(24)23-17-9-7-6-8-14(17)3/h6-9,11-12H,4-5,10,13H2,1-3H3,(H,23,24). The van der Waals surface area contributed by atoms with Crippen molar-refractivity contribution in [3.63, 3.8) is 0 Å². The number of hydrogen-bond donors (Lipinski definition) is 1. The number of halogens is 1. The quantitative estimate of drug-likeness (QED) is 0.615. The maximum absolute atomic E-state index is 12.3.